The number of nitrogens with one attached hydrogen (secondary N) is 1. The van der Waals surface area contributed by atoms with E-state index in [0.29, 0.717) is 11.3 Å². The van der Waals surface area contributed by atoms with E-state index in [1.54, 1.807) is 18.2 Å². The van der Waals surface area contributed by atoms with Crippen molar-refractivity contribution in [3.63, 3.8) is 0 Å². The molecule has 19 heavy (non-hydrogen) atoms. The SMILES string of the molecule is COc1cc(C(=O)NCC(C)(O)C(=O)O)ccc1C. The monoisotopic (exact) mass is 267 g/mol. The minimum Gasteiger partial charge on any atom is -0.496 e. The number of carbonyl (C=O) groups excluding carboxylic acids is 1. The fourth-order valence-corrected chi connectivity index (χ4v) is 1.39. The zero-order chi connectivity index (χ0) is 14.6. The van der Waals surface area contributed by atoms with Crippen molar-refractivity contribution in [3.8, 4) is 5.75 Å². The zero-order valence-corrected chi connectivity index (χ0v) is 11.1. The standard InChI is InChI=1S/C13H17NO5/c1-8-4-5-9(6-10(8)19-3)11(15)14-7-13(2,18)12(16)17/h4-6,18H,7H2,1-3H3,(H,14,15)(H,16,17). The van der Waals surface area contributed by atoms with Crippen LogP contribution >= 0.6 is 0 Å². The third-order valence-corrected chi connectivity index (χ3v) is 2.72. The van der Waals surface area contributed by atoms with Gasteiger partial charge in [-0.1, -0.05) is 6.07 Å². The minimum atomic E-state index is -2.00. The van der Waals surface area contributed by atoms with E-state index < -0.39 is 17.5 Å². The number of ether oxygens (including phenoxy) is 1. The molecule has 0 saturated heterocycles. The van der Waals surface area contributed by atoms with Crippen molar-refractivity contribution in [3.05, 3.63) is 29.3 Å². The largest absolute Gasteiger partial charge is 0.496 e. The van der Waals surface area contributed by atoms with Gasteiger partial charge in [0.15, 0.2) is 5.60 Å². The fourth-order valence-electron chi connectivity index (χ4n) is 1.39. The lowest BCUT2D eigenvalue weighted by atomic mass is 10.1. The smallest absolute Gasteiger partial charge is 0.337 e. The van der Waals surface area contributed by atoms with Crippen LogP contribution in [0.25, 0.3) is 0 Å². The molecule has 104 valence electrons. The van der Waals surface area contributed by atoms with Crippen molar-refractivity contribution >= 4 is 11.9 Å². The molecule has 0 fully saturated rings. The highest BCUT2D eigenvalue weighted by molar-refractivity contribution is 5.95. The molecule has 1 atom stereocenters. The Morgan fingerprint density at radius 3 is 2.58 bits per heavy atom. The first kappa shape index (κ1) is 15.0. The second-order valence-corrected chi connectivity index (χ2v) is 4.45. The Labute approximate surface area is 111 Å². The van der Waals surface area contributed by atoms with Crippen LogP contribution in [0.2, 0.25) is 0 Å². The highest BCUT2D eigenvalue weighted by atomic mass is 16.5. The minimum absolute atomic E-state index is 0.337. The quantitative estimate of drug-likeness (QED) is 0.724. The van der Waals surface area contributed by atoms with Gasteiger partial charge in [0.1, 0.15) is 5.75 Å². The van der Waals surface area contributed by atoms with Crippen LogP contribution in [0, 0.1) is 6.92 Å². The number of amides is 1. The van der Waals surface area contributed by atoms with Crippen molar-refractivity contribution in [1.82, 2.24) is 5.32 Å². The summed E-state index contributed by atoms with van der Waals surface area (Å²) in [5, 5.41) is 20.6. The molecule has 0 heterocycles. The molecule has 0 aliphatic heterocycles. The van der Waals surface area contributed by atoms with Crippen LogP contribution in [-0.2, 0) is 4.79 Å². The van der Waals surface area contributed by atoms with E-state index in [1.807, 2.05) is 6.92 Å². The molecule has 0 spiro atoms. The highest BCUT2D eigenvalue weighted by Crippen LogP contribution is 2.18. The first-order valence-corrected chi connectivity index (χ1v) is 5.66. The number of hydrogen-bond acceptors (Lipinski definition) is 4. The number of aliphatic hydroxyl groups is 1. The molecule has 0 bridgehead atoms. The Morgan fingerprint density at radius 2 is 2.05 bits per heavy atom. The Hall–Kier alpha value is -2.08. The molecule has 1 aromatic carbocycles. The molecule has 1 unspecified atom stereocenters. The summed E-state index contributed by atoms with van der Waals surface area (Å²) in [5.74, 6) is -1.30. The van der Waals surface area contributed by atoms with Crippen LogP contribution in [0.1, 0.15) is 22.8 Å². The first-order valence-electron chi connectivity index (χ1n) is 5.66. The normalized spacial score (nSPS) is 13.5. The lowest BCUT2D eigenvalue weighted by Crippen LogP contribution is -2.46. The fraction of sp³-hybridized carbons (Fsp3) is 0.385. The van der Waals surface area contributed by atoms with E-state index >= 15 is 0 Å². The number of methoxy groups -OCH3 is 1. The summed E-state index contributed by atoms with van der Waals surface area (Å²) in [6.45, 7) is 2.58. The maximum Gasteiger partial charge on any atom is 0.337 e. The number of benzene rings is 1. The third-order valence-electron chi connectivity index (χ3n) is 2.72. The summed E-state index contributed by atoms with van der Waals surface area (Å²) in [7, 11) is 1.50. The van der Waals surface area contributed by atoms with Crippen molar-refractivity contribution in [2.45, 2.75) is 19.4 Å². The van der Waals surface area contributed by atoms with Crippen LogP contribution in [0.4, 0.5) is 0 Å². The average molecular weight is 267 g/mol. The second-order valence-electron chi connectivity index (χ2n) is 4.45. The molecular formula is C13H17NO5. The zero-order valence-electron chi connectivity index (χ0n) is 11.1. The van der Waals surface area contributed by atoms with Gasteiger partial charge in [-0.25, -0.2) is 4.79 Å². The van der Waals surface area contributed by atoms with Gasteiger partial charge in [0.05, 0.1) is 13.7 Å². The number of carboxylic acid groups (broad SMARTS) is 1. The van der Waals surface area contributed by atoms with E-state index in [4.69, 9.17) is 9.84 Å². The Bertz CT molecular complexity index is 496. The predicted molar refractivity (Wildman–Crippen MR) is 68.3 cm³/mol. The van der Waals surface area contributed by atoms with Crippen molar-refractivity contribution in [1.29, 1.82) is 0 Å². The molecule has 6 heteroatoms. The Kier molecular flexibility index (Phi) is 4.50. The summed E-state index contributed by atoms with van der Waals surface area (Å²) in [4.78, 5) is 22.5. The maximum atomic E-state index is 11.8. The van der Waals surface area contributed by atoms with Gasteiger partial charge >= 0.3 is 5.97 Å². The number of aryl methyl sites for hydroxylation is 1. The second kappa shape index (κ2) is 5.71. The van der Waals surface area contributed by atoms with Gasteiger partial charge in [-0.05, 0) is 31.5 Å². The molecule has 1 rings (SSSR count). The van der Waals surface area contributed by atoms with Gasteiger partial charge in [-0.2, -0.15) is 0 Å². The molecule has 0 aliphatic carbocycles. The predicted octanol–water partition coefficient (Wildman–Crippen LogP) is 0.569. The third kappa shape index (κ3) is 3.69. The van der Waals surface area contributed by atoms with Gasteiger partial charge in [0.2, 0.25) is 0 Å². The molecule has 0 radical (unpaired) electrons. The van der Waals surface area contributed by atoms with E-state index in [-0.39, 0.29) is 6.54 Å². The van der Waals surface area contributed by atoms with Crippen LogP contribution in [0.3, 0.4) is 0 Å². The maximum absolute atomic E-state index is 11.8. The molecule has 3 N–H and O–H groups in total. The number of rotatable bonds is 5. The number of hydrogen-bond donors (Lipinski definition) is 3. The molecule has 1 amide bonds. The Balaban J connectivity index is 2.77. The molecule has 1 aromatic rings. The van der Waals surface area contributed by atoms with E-state index in [1.165, 1.54) is 7.11 Å². The average Bonchev–Trinajstić information content (AvgIpc) is 2.36. The van der Waals surface area contributed by atoms with Crippen molar-refractivity contribution in [2.24, 2.45) is 0 Å². The van der Waals surface area contributed by atoms with Crippen LogP contribution in [0.15, 0.2) is 18.2 Å². The van der Waals surface area contributed by atoms with Crippen molar-refractivity contribution < 1.29 is 24.5 Å². The van der Waals surface area contributed by atoms with Gasteiger partial charge in [-0.3, -0.25) is 4.79 Å². The van der Waals surface area contributed by atoms with Gasteiger partial charge in [0, 0.05) is 5.56 Å². The molecule has 0 aliphatic rings. The summed E-state index contributed by atoms with van der Waals surface area (Å²) >= 11 is 0. The lowest BCUT2D eigenvalue weighted by Gasteiger charge is -2.18. The molecule has 0 aromatic heterocycles. The number of carboxylic acids is 1. The van der Waals surface area contributed by atoms with Crippen molar-refractivity contribution in [2.75, 3.05) is 13.7 Å². The summed E-state index contributed by atoms with van der Waals surface area (Å²) in [6.07, 6.45) is 0. The highest BCUT2D eigenvalue weighted by Gasteiger charge is 2.30. The number of aliphatic carboxylic acids is 1. The van der Waals surface area contributed by atoms with Gasteiger partial charge < -0.3 is 20.3 Å². The van der Waals surface area contributed by atoms with E-state index in [9.17, 15) is 14.7 Å². The lowest BCUT2D eigenvalue weighted by molar-refractivity contribution is -0.155. The molecule has 6 nitrogen and oxygen atoms in total. The van der Waals surface area contributed by atoms with E-state index in [2.05, 4.69) is 5.32 Å². The summed E-state index contributed by atoms with van der Waals surface area (Å²) < 4.78 is 5.10. The number of carbonyl (C=O) groups is 2. The van der Waals surface area contributed by atoms with Crippen LogP contribution in [-0.4, -0.2) is 41.3 Å². The molecular weight excluding hydrogens is 250 g/mol. The van der Waals surface area contributed by atoms with Gasteiger partial charge in [0.25, 0.3) is 5.91 Å². The van der Waals surface area contributed by atoms with Crippen LogP contribution in [0.5, 0.6) is 5.75 Å². The summed E-state index contributed by atoms with van der Waals surface area (Å²) in [5.41, 5.74) is -0.773. The molecule has 0 saturated carbocycles. The topological polar surface area (TPSA) is 95.9 Å². The van der Waals surface area contributed by atoms with Crippen LogP contribution < -0.4 is 10.1 Å². The summed E-state index contributed by atoms with van der Waals surface area (Å²) in [6, 6.07) is 4.88. The van der Waals surface area contributed by atoms with E-state index in [0.717, 1.165) is 12.5 Å². The Morgan fingerprint density at radius 1 is 1.42 bits per heavy atom. The van der Waals surface area contributed by atoms with Gasteiger partial charge in [-0.15, -0.1) is 0 Å². The first-order chi connectivity index (χ1) is 8.77.